The molecule has 3 aliphatic heterocycles. The number of nitrogens with two attached hydrogens (primary N) is 1. The highest BCUT2D eigenvalue weighted by molar-refractivity contribution is 6.33. The number of imide groups is 1. The molecule has 0 bridgehead atoms. The van der Waals surface area contributed by atoms with E-state index in [-0.39, 0.29) is 4.90 Å². The Bertz CT molecular complexity index is 943. The minimum absolute atomic E-state index is 0.139. The summed E-state index contributed by atoms with van der Waals surface area (Å²) in [4.78, 5) is 36.9. The molecular weight excluding hydrogens is 351 g/mol. The van der Waals surface area contributed by atoms with Gasteiger partial charge in [0, 0.05) is 11.3 Å². The number of aliphatic hydroxyl groups is 3. The van der Waals surface area contributed by atoms with Crippen LogP contribution in [0.15, 0.2) is 12.1 Å². The van der Waals surface area contributed by atoms with Crippen LogP contribution in [0.3, 0.4) is 0 Å². The smallest absolute Gasteiger partial charge is 0.286 e. The van der Waals surface area contributed by atoms with Crippen LogP contribution in [0.2, 0.25) is 0 Å². The average Bonchev–Trinajstić information content (AvgIpc) is 2.84. The van der Waals surface area contributed by atoms with E-state index >= 15 is 0 Å². The van der Waals surface area contributed by atoms with Crippen molar-refractivity contribution < 1.29 is 38.8 Å². The number of halogens is 1. The molecule has 0 saturated carbocycles. The van der Waals surface area contributed by atoms with Crippen LogP contribution < -0.4 is 11.1 Å². The lowest BCUT2D eigenvalue weighted by molar-refractivity contribution is -0.317. The number of hydrogen-bond donors (Lipinski definition) is 5. The summed E-state index contributed by atoms with van der Waals surface area (Å²) >= 11 is 0. The standard InChI is InChI=1S/C13H8B2FN3O7/c14-10(23)8(21)18-9(22)11(24)13(10,25)26-12(15)6-4(7(20)19(11)12)1-3(16)2-5(6)17/h1-2,23-25H,17H2,(H,18,21,22). The van der Waals surface area contributed by atoms with E-state index in [2.05, 4.69) is 0 Å². The van der Waals surface area contributed by atoms with E-state index in [9.17, 15) is 34.1 Å². The zero-order valence-corrected chi connectivity index (χ0v) is 12.7. The summed E-state index contributed by atoms with van der Waals surface area (Å²) < 4.78 is 18.7. The molecule has 3 heterocycles. The lowest BCUT2D eigenvalue weighted by atomic mass is 9.67. The van der Waals surface area contributed by atoms with Gasteiger partial charge in [0.1, 0.15) is 19.3 Å². The molecule has 4 rings (SSSR count). The van der Waals surface area contributed by atoms with Crippen molar-refractivity contribution in [3.63, 3.8) is 0 Å². The van der Waals surface area contributed by atoms with E-state index in [1.165, 1.54) is 5.32 Å². The largest absolute Gasteiger partial charge is 0.398 e. The number of nitrogens with one attached hydrogen (secondary N) is 1. The van der Waals surface area contributed by atoms with Crippen molar-refractivity contribution in [2.75, 3.05) is 5.73 Å². The molecule has 4 radical (unpaired) electrons. The van der Waals surface area contributed by atoms with Gasteiger partial charge < -0.3 is 25.8 Å². The van der Waals surface area contributed by atoms with Crippen LogP contribution in [0.5, 0.6) is 0 Å². The van der Waals surface area contributed by atoms with Crippen LogP contribution in [0.4, 0.5) is 10.1 Å². The first-order chi connectivity index (χ1) is 11.8. The fourth-order valence-electron chi connectivity index (χ4n) is 3.55. The molecule has 13 heteroatoms. The molecule has 0 aromatic heterocycles. The first-order valence-corrected chi connectivity index (χ1v) is 7.07. The molecule has 3 amide bonds. The van der Waals surface area contributed by atoms with Crippen LogP contribution in [0, 0.1) is 5.82 Å². The zero-order chi connectivity index (χ0) is 19.4. The summed E-state index contributed by atoms with van der Waals surface area (Å²) in [5.41, 5.74) is -5.03. The van der Waals surface area contributed by atoms with E-state index < -0.39 is 63.0 Å². The number of ether oxygens (including phenoxy) is 1. The Labute approximate surface area is 146 Å². The molecule has 2 fully saturated rings. The molecule has 130 valence electrons. The second kappa shape index (κ2) is 4.26. The fraction of sp³-hybridized carbons (Fsp3) is 0.308. The van der Waals surface area contributed by atoms with E-state index in [0.29, 0.717) is 0 Å². The summed E-state index contributed by atoms with van der Waals surface area (Å²) in [5, 5.41) is 33.2. The maximum atomic E-state index is 13.6. The summed E-state index contributed by atoms with van der Waals surface area (Å²) in [5.74, 6) is -8.98. The summed E-state index contributed by atoms with van der Waals surface area (Å²) in [6.45, 7) is 0. The number of hydrogen-bond acceptors (Lipinski definition) is 8. The van der Waals surface area contributed by atoms with E-state index in [1.807, 2.05) is 0 Å². The third kappa shape index (κ3) is 1.43. The van der Waals surface area contributed by atoms with Crippen molar-refractivity contribution in [3.8, 4) is 0 Å². The Kier molecular flexibility index (Phi) is 2.78. The maximum absolute atomic E-state index is 13.6. The molecule has 0 aliphatic carbocycles. The second-order valence-electron chi connectivity index (χ2n) is 6.22. The Hall–Kier alpha value is -2.47. The van der Waals surface area contributed by atoms with E-state index in [0.717, 1.165) is 12.1 Å². The molecule has 4 atom stereocenters. The van der Waals surface area contributed by atoms with Gasteiger partial charge in [-0.25, -0.2) is 4.39 Å². The van der Waals surface area contributed by atoms with Crippen molar-refractivity contribution in [1.29, 1.82) is 0 Å². The minimum atomic E-state index is -3.55. The molecule has 26 heavy (non-hydrogen) atoms. The first-order valence-electron chi connectivity index (χ1n) is 7.07. The number of nitrogens with zero attached hydrogens (tertiary/aromatic N) is 1. The first kappa shape index (κ1) is 17.0. The molecular formula is C13H8B2FN3O7. The summed E-state index contributed by atoms with van der Waals surface area (Å²) in [7, 11) is 11.3. The van der Waals surface area contributed by atoms with E-state index in [1.54, 1.807) is 0 Å². The average molecular weight is 359 g/mol. The van der Waals surface area contributed by atoms with Crippen LogP contribution in [0.1, 0.15) is 15.9 Å². The fourth-order valence-corrected chi connectivity index (χ4v) is 3.55. The Morgan fingerprint density at radius 1 is 1.15 bits per heavy atom. The SMILES string of the molecule is [B]C12OC3(O)C([B])(O)C(=O)NC(=O)C3(O)N1C(=O)c1cc(F)cc(N)c12. The number of rotatable bonds is 0. The van der Waals surface area contributed by atoms with E-state index in [4.69, 9.17) is 26.2 Å². The molecule has 4 unspecified atom stereocenters. The highest BCUT2D eigenvalue weighted by Crippen LogP contribution is 2.58. The van der Waals surface area contributed by atoms with Gasteiger partial charge >= 0.3 is 0 Å². The normalized spacial score (nSPS) is 40.9. The highest BCUT2D eigenvalue weighted by atomic mass is 19.1. The summed E-state index contributed by atoms with van der Waals surface area (Å²) in [6.07, 6.45) is 0. The van der Waals surface area contributed by atoms with Crippen LogP contribution >= 0.6 is 0 Å². The van der Waals surface area contributed by atoms with Crippen molar-refractivity contribution in [2.24, 2.45) is 0 Å². The Morgan fingerprint density at radius 3 is 2.38 bits per heavy atom. The third-order valence-corrected chi connectivity index (χ3v) is 4.76. The van der Waals surface area contributed by atoms with Gasteiger partial charge in [-0.05, 0) is 12.1 Å². The quantitative estimate of drug-likeness (QED) is 0.178. The number of piperidine rings is 1. The lowest BCUT2D eigenvalue weighted by Gasteiger charge is -2.48. The predicted octanol–water partition coefficient (Wildman–Crippen LogP) is -3.94. The molecule has 10 nitrogen and oxygen atoms in total. The molecule has 2 saturated heterocycles. The number of carbonyl (C=O) groups is 3. The van der Waals surface area contributed by atoms with Gasteiger partial charge in [-0.3, -0.25) is 24.6 Å². The molecule has 1 aromatic rings. The topological polar surface area (TPSA) is 162 Å². The molecule has 3 aliphatic rings. The minimum Gasteiger partial charge on any atom is -0.398 e. The van der Waals surface area contributed by atoms with Gasteiger partial charge in [-0.15, -0.1) is 0 Å². The van der Waals surface area contributed by atoms with Crippen molar-refractivity contribution in [1.82, 2.24) is 10.2 Å². The van der Waals surface area contributed by atoms with Gasteiger partial charge in [-0.2, -0.15) is 0 Å². The highest BCUT2D eigenvalue weighted by Gasteiger charge is 2.83. The second-order valence-corrected chi connectivity index (χ2v) is 6.22. The number of anilines is 1. The number of fused-ring (bicyclic) bond motifs is 5. The summed E-state index contributed by atoms with van der Waals surface area (Å²) in [6, 6.07) is 1.51. The zero-order valence-electron chi connectivity index (χ0n) is 12.7. The number of carbonyl (C=O) groups excluding carboxylic acids is 3. The maximum Gasteiger partial charge on any atom is 0.286 e. The molecule has 1 aromatic carbocycles. The van der Waals surface area contributed by atoms with Crippen molar-refractivity contribution in [2.45, 2.75) is 22.6 Å². The van der Waals surface area contributed by atoms with Crippen LogP contribution in [0.25, 0.3) is 0 Å². The van der Waals surface area contributed by atoms with Gasteiger partial charge in [-0.1, -0.05) is 0 Å². The predicted molar refractivity (Wildman–Crippen MR) is 79.3 cm³/mol. The molecule has 0 spiro atoms. The van der Waals surface area contributed by atoms with Crippen molar-refractivity contribution >= 4 is 39.1 Å². The number of benzene rings is 1. The third-order valence-electron chi connectivity index (χ3n) is 4.76. The van der Waals surface area contributed by atoms with Crippen LogP contribution in [-0.2, 0) is 20.0 Å². The Morgan fingerprint density at radius 2 is 1.77 bits per heavy atom. The lowest BCUT2D eigenvalue weighted by Crippen LogP contribution is -2.83. The molecule has 6 N–H and O–H groups in total. The van der Waals surface area contributed by atoms with Gasteiger partial charge in [0.05, 0.1) is 5.56 Å². The van der Waals surface area contributed by atoms with Crippen molar-refractivity contribution in [3.05, 3.63) is 29.1 Å². The van der Waals surface area contributed by atoms with Gasteiger partial charge in [0.25, 0.3) is 29.2 Å². The monoisotopic (exact) mass is 359 g/mol. The number of nitrogen functional groups attached to an aromatic ring is 1. The number of amides is 3. The van der Waals surface area contributed by atoms with Gasteiger partial charge in [0.15, 0.2) is 13.3 Å². The van der Waals surface area contributed by atoms with Gasteiger partial charge in [0.2, 0.25) is 0 Å². The Balaban J connectivity index is 2.05. The van der Waals surface area contributed by atoms with Crippen LogP contribution in [-0.4, -0.2) is 70.6 Å².